The van der Waals surface area contributed by atoms with Gasteiger partial charge in [0.1, 0.15) is 39.9 Å². The summed E-state index contributed by atoms with van der Waals surface area (Å²) < 4.78 is 91.2. The number of ether oxygens (including phenoxy) is 5. The second-order valence-electron chi connectivity index (χ2n) is 47.3. The number of nitrogens with zero attached hydrogens (tertiary/aromatic N) is 21. The molecule has 1 fully saturated rings. The summed E-state index contributed by atoms with van der Waals surface area (Å²) in [5, 5.41) is 49.0. The Morgan fingerprint density at radius 1 is 0.394 bits per heavy atom. The molecule has 806 valence electrons. The highest BCUT2D eigenvalue weighted by molar-refractivity contribution is 6.31. The largest absolute Gasteiger partial charge is 0.480 e. The summed E-state index contributed by atoms with van der Waals surface area (Å²) in [7, 11) is 8.41. The van der Waals surface area contributed by atoms with Gasteiger partial charge in [-0.25, -0.2) is 4.39 Å². The van der Waals surface area contributed by atoms with Crippen LogP contribution in [-0.2, 0) is 101 Å². The predicted molar refractivity (Wildman–Crippen MR) is 578 cm³/mol. The zero-order valence-electron chi connectivity index (χ0n) is 95.3. The van der Waals surface area contributed by atoms with Gasteiger partial charge in [0.05, 0.1) is 89.0 Å². The van der Waals surface area contributed by atoms with Crippen LogP contribution in [0, 0.1) is 20.4 Å². The highest BCUT2D eigenvalue weighted by Crippen LogP contribution is 2.39. The fourth-order valence-electron chi connectivity index (χ4n) is 14.4. The van der Waals surface area contributed by atoms with Crippen LogP contribution in [0.25, 0.3) is 4.85 Å². The molecule has 142 heavy (non-hydrogen) atoms. The number of hydrogen-bond acceptors (Lipinski definition) is 16. The van der Waals surface area contributed by atoms with E-state index in [4.69, 9.17) is 76.7 Å². The summed E-state index contributed by atoms with van der Waals surface area (Å²) in [6.07, 6.45) is 20.0. The number of piperidine rings is 1. The van der Waals surface area contributed by atoms with Crippen molar-refractivity contribution in [1.29, 1.82) is 0 Å². The van der Waals surface area contributed by atoms with Gasteiger partial charge in [-0.1, -0.05) is 261 Å². The summed E-state index contributed by atoms with van der Waals surface area (Å²) in [5.74, 6) is 2.14. The molecule has 0 amide bonds. The lowest BCUT2D eigenvalue weighted by atomic mass is 9.85. The van der Waals surface area contributed by atoms with Gasteiger partial charge in [0.2, 0.25) is 11.8 Å². The average Bonchev–Trinajstić information content (AvgIpc) is 1.64. The topological polar surface area (TPSA) is 241 Å². The molecule has 0 unspecified atom stereocenters. The number of nitrogens with one attached hydrogen (secondary N) is 1. The minimum Gasteiger partial charge on any atom is -0.480 e. The second-order valence-corrected chi connectivity index (χ2v) is 48.7. The van der Waals surface area contributed by atoms with Gasteiger partial charge in [0.25, 0.3) is 5.82 Å². The van der Waals surface area contributed by atoms with Crippen molar-refractivity contribution in [1.82, 2.24) is 103 Å². The minimum atomic E-state index is -4.21. The molecule has 10 aromatic heterocycles. The van der Waals surface area contributed by atoms with Crippen molar-refractivity contribution < 1.29 is 41.2 Å². The first-order chi connectivity index (χ1) is 65.0. The molecule has 0 saturated carbocycles. The Hall–Kier alpha value is -8.09. The highest BCUT2D eigenvalue weighted by Gasteiger charge is 2.33. The van der Waals surface area contributed by atoms with Crippen molar-refractivity contribution in [2.45, 2.75) is 426 Å². The van der Waals surface area contributed by atoms with E-state index in [1.54, 1.807) is 55.8 Å². The lowest BCUT2D eigenvalue weighted by Gasteiger charge is -2.24. The number of aromatic nitrogens is 20. The minimum absolute atomic E-state index is 0.00692. The first kappa shape index (κ1) is 130. The maximum Gasteiger partial charge on any atom is 0.408 e. The van der Waals surface area contributed by atoms with Crippen LogP contribution in [0.5, 0.6) is 11.8 Å². The smallest absolute Gasteiger partial charge is 0.408 e. The Balaban J connectivity index is 0.000000534. The van der Waals surface area contributed by atoms with Crippen LogP contribution >= 0.6 is 46.4 Å². The van der Waals surface area contributed by atoms with Gasteiger partial charge < -0.3 is 33.8 Å². The third kappa shape index (κ3) is 42.4. The summed E-state index contributed by atoms with van der Waals surface area (Å²) >= 11 is 25.1. The quantitative estimate of drug-likeness (QED) is 0.0399. The first-order valence-corrected chi connectivity index (χ1v) is 51.0. The molecule has 0 bridgehead atoms. The normalized spacial score (nSPS) is 13.0. The van der Waals surface area contributed by atoms with Crippen molar-refractivity contribution in [2.75, 3.05) is 75.1 Å². The summed E-state index contributed by atoms with van der Waals surface area (Å²) in [5.41, 5.74) is 14.1. The van der Waals surface area contributed by atoms with Crippen LogP contribution in [-0.4, -0.2) is 179 Å². The first-order valence-electron chi connectivity index (χ1n) is 49.5. The summed E-state index contributed by atoms with van der Waals surface area (Å²) in [4.78, 5) is 3.57. The fraction of sp³-hybridized carbons (Fsp3) is 0.710. The standard InChI is InChI=1S/C12H20ClN3.C12H22N2O2.C12H22N2.C11H19ClN2O.C11H17N3.C11H20N2O.C10H17ClN2O.C10H17ClN2.C9H13F3N2.C9H15FN2/c1-12(2,3)10-8-15-16(11(10)13)9-4-6-14-7-5-9;1-12(2,3)10-9-14(7-6-8-15-4)13-11(10)16-5;1-8(2)14-10(4)11(9(3)13-14)12(5,6)7;1-11(2,3)9-8-13-14(10(9)12)6-5-7-15-4;1-8(2)14-10(12-6)9(7-13-14)11(3,4)5;1-8(2)13-7-9(11(3,4)5)10(12-13)14-6;1-10(2,3)8-7-12-13(9(8)11)5-6-14-4;1-7(2)13-9(11)8(6-12-13)10(3,4)5;1-8(2,3)7-4-13-14(5-7)6-9(10,11)12;1-9(2,3)8-6-11-12(7-8)5-4-10/h8-9,14H,4-7H2,1-3H3;9H,6-8H2,1-5H3;8H,1-7H3;8H,5-7H2,1-4H3;7-8H,1-5H3;7-8H,1-6H3;7H,5-6H2,1-4H3;6-7H,1-5H3;4-5H,6H2,1-3H3;6-7H,4-5H2,1-3H3. The van der Waals surface area contributed by atoms with Crippen molar-refractivity contribution in [3.8, 4) is 11.8 Å². The molecule has 35 heteroatoms. The number of rotatable bonds is 21. The molecule has 0 spiro atoms. The second kappa shape index (κ2) is 56.2. The highest BCUT2D eigenvalue weighted by atomic mass is 35.5. The molecular formula is C107H182Cl4F4N22O5. The maximum absolute atomic E-state index is 12.0. The van der Waals surface area contributed by atoms with Crippen LogP contribution in [0.15, 0.2) is 68.2 Å². The fourth-order valence-corrected chi connectivity index (χ4v) is 16.4. The maximum atomic E-state index is 12.0. The van der Waals surface area contributed by atoms with Gasteiger partial charge in [-0.05, 0) is 173 Å². The van der Waals surface area contributed by atoms with Crippen LogP contribution in [0.4, 0.5) is 23.4 Å². The molecule has 0 atom stereocenters. The molecule has 1 saturated heterocycles. The van der Waals surface area contributed by atoms with Gasteiger partial charge in [-0.2, -0.15) is 53.5 Å². The van der Waals surface area contributed by atoms with Crippen LogP contribution in [0.3, 0.4) is 0 Å². The summed E-state index contributed by atoms with van der Waals surface area (Å²) in [6.45, 7) is 97.7. The molecule has 0 aromatic carbocycles. The molecule has 11 rings (SSSR count). The molecular weight excluding hydrogens is 1890 g/mol. The van der Waals surface area contributed by atoms with E-state index in [0.29, 0.717) is 49.7 Å². The van der Waals surface area contributed by atoms with Crippen LogP contribution in [0.2, 0.25) is 20.6 Å². The van der Waals surface area contributed by atoms with Crippen molar-refractivity contribution >= 4 is 52.2 Å². The van der Waals surface area contributed by atoms with Crippen LogP contribution in [0.1, 0.15) is 386 Å². The van der Waals surface area contributed by atoms with Crippen molar-refractivity contribution in [3.63, 3.8) is 0 Å². The van der Waals surface area contributed by atoms with Crippen LogP contribution < -0.4 is 14.8 Å². The summed E-state index contributed by atoms with van der Waals surface area (Å²) in [6, 6.07) is 1.86. The molecule has 10 aromatic rings. The Morgan fingerprint density at radius 2 is 0.782 bits per heavy atom. The number of alkyl halides is 4. The van der Waals surface area contributed by atoms with Gasteiger partial charge in [-0.15, -0.1) is 15.3 Å². The Kier molecular flexibility index (Phi) is 51.4. The molecule has 0 aliphatic carbocycles. The Morgan fingerprint density at radius 3 is 1.12 bits per heavy atom. The van der Waals surface area contributed by atoms with E-state index in [0.717, 1.165) is 152 Å². The molecule has 0 radical (unpaired) electrons. The molecule has 1 aliphatic heterocycles. The number of hydrogen-bond donors (Lipinski definition) is 1. The SMILES string of the molecule is CC(C)(C)c1cnn(C2CCNCC2)c1Cl.CC(C)(C)c1cnn(CC(F)(F)F)c1.CC(C)(C)c1cnn(CCF)c1.CC(C)n1ncc(C(C)(C)C)c1Cl.COCCCn1cc(C(C)(C)C)c(OC)n1.COCCCn1ncc(C(C)(C)C)c1Cl.COCCn1ncc(C(C)(C)C)c1Cl.COc1nn(C(C)C)cc1C(C)(C)C.Cc1nn(C(C)C)c(C)c1C(C)(C)C.[C-]#[N+]c1c(C(C)(C)C)cnn1C(C)C. The van der Waals surface area contributed by atoms with E-state index >= 15 is 0 Å². The number of halogens is 8. The number of aryl methyl sites for hydroxylation is 4. The van der Waals surface area contributed by atoms with E-state index in [1.807, 2.05) is 95.2 Å². The average molecular weight is 2070 g/mol. The number of methoxy groups -OCH3 is 5. The molecule has 1 aliphatic rings. The lowest BCUT2D eigenvalue weighted by molar-refractivity contribution is -0.142. The van der Waals surface area contributed by atoms with Crippen molar-refractivity contribution in [3.05, 3.63) is 167 Å². The molecule has 1 N–H and O–H groups in total. The Bertz CT molecular complexity index is 5330. The van der Waals surface area contributed by atoms with E-state index in [9.17, 15) is 17.6 Å². The third-order valence-electron chi connectivity index (χ3n) is 22.7. The Labute approximate surface area is 871 Å². The van der Waals surface area contributed by atoms with Gasteiger partial charge in [0, 0.05) is 141 Å². The van der Waals surface area contributed by atoms with Crippen molar-refractivity contribution in [2.24, 2.45) is 0 Å². The molecule has 27 nitrogen and oxygen atoms in total. The monoisotopic (exact) mass is 2070 g/mol. The molecule has 11 heterocycles. The van der Waals surface area contributed by atoms with E-state index in [2.05, 4.69) is 321 Å². The van der Waals surface area contributed by atoms with Gasteiger partial charge in [-0.3, -0.25) is 42.1 Å². The van der Waals surface area contributed by atoms with E-state index in [-0.39, 0.29) is 66.9 Å². The van der Waals surface area contributed by atoms with E-state index < -0.39 is 12.7 Å². The predicted octanol–water partition coefficient (Wildman–Crippen LogP) is 28.1. The zero-order valence-corrected chi connectivity index (χ0v) is 98.3. The van der Waals surface area contributed by atoms with E-state index in [1.165, 1.54) is 29.3 Å². The zero-order chi connectivity index (χ0) is 110. The lowest BCUT2D eigenvalue weighted by Crippen LogP contribution is -2.30. The third-order valence-corrected chi connectivity index (χ3v) is 24.3. The van der Waals surface area contributed by atoms with Gasteiger partial charge >= 0.3 is 6.18 Å². The van der Waals surface area contributed by atoms with Gasteiger partial charge in [0.15, 0.2) is 0 Å².